The van der Waals surface area contributed by atoms with Crippen LogP contribution in [0.4, 0.5) is 5.69 Å². The van der Waals surface area contributed by atoms with Crippen molar-refractivity contribution < 1.29 is 4.79 Å². The molecule has 2 unspecified atom stereocenters. The number of nitrogens with one attached hydrogen (secondary N) is 1. The van der Waals surface area contributed by atoms with Crippen LogP contribution in [0.5, 0.6) is 0 Å². The molecule has 1 aromatic carbocycles. The van der Waals surface area contributed by atoms with E-state index in [0.29, 0.717) is 16.9 Å². The van der Waals surface area contributed by atoms with Gasteiger partial charge in [-0.1, -0.05) is 17.7 Å². The van der Waals surface area contributed by atoms with Crippen molar-refractivity contribution in [2.24, 2.45) is 17.3 Å². The van der Waals surface area contributed by atoms with Crippen LogP contribution >= 0.6 is 11.6 Å². The lowest BCUT2D eigenvalue weighted by atomic mass is 9.46. The van der Waals surface area contributed by atoms with Crippen molar-refractivity contribution in [3.8, 4) is 0 Å². The number of nitrogens with zero attached hydrogens (tertiary/aromatic N) is 3. The minimum atomic E-state index is -0.298. The third-order valence-corrected chi connectivity index (χ3v) is 7.25. The molecule has 1 heterocycles. The Kier molecular flexibility index (Phi) is 3.48. The molecule has 6 rings (SSSR count). The van der Waals surface area contributed by atoms with Crippen LogP contribution in [0.1, 0.15) is 44.1 Å². The van der Waals surface area contributed by atoms with Crippen molar-refractivity contribution in [2.75, 3.05) is 5.32 Å². The molecule has 4 bridgehead atoms. The lowest BCUT2D eigenvalue weighted by Gasteiger charge is -2.60. The van der Waals surface area contributed by atoms with Crippen molar-refractivity contribution in [2.45, 2.75) is 51.0 Å². The second-order valence-corrected chi connectivity index (χ2v) is 9.13. The maximum atomic E-state index is 13.4. The van der Waals surface area contributed by atoms with Crippen molar-refractivity contribution in [3.63, 3.8) is 0 Å². The number of amides is 1. The van der Waals surface area contributed by atoms with Crippen LogP contribution in [0, 0.1) is 24.2 Å². The van der Waals surface area contributed by atoms with E-state index < -0.39 is 0 Å². The third kappa shape index (κ3) is 2.40. The number of carbonyl (C=O) groups excluding carboxylic acids is 1. The number of halogens is 1. The first-order chi connectivity index (χ1) is 12.5. The summed E-state index contributed by atoms with van der Waals surface area (Å²) < 4.78 is 2.04. The molecular formula is C20H23ClN4O. The Bertz CT molecular complexity index is 849. The Balaban J connectivity index is 1.46. The Morgan fingerprint density at radius 3 is 2.69 bits per heavy atom. The van der Waals surface area contributed by atoms with Gasteiger partial charge in [0, 0.05) is 10.7 Å². The van der Waals surface area contributed by atoms with Gasteiger partial charge >= 0.3 is 0 Å². The van der Waals surface area contributed by atoms with Gasteiger partial charge in [-0.2, -0.15) is 5.10 Å². The van der Waals surface area contributed by atoms with E-state index in [-0.39, 0.29) is 16.9 Å². The summed E-state index contributed by atoms with van der Waals surface area (Å²) in [4.78, 5) is 17.5. The highest BCUT2D eigenvalue weighted by Crippen LogP contribution is 2.64. The number of rotatable bonds is 3. The molecule has 4 saturated carbocycles. The fourth-order valence-electron chi connectivity index (χ4n) is 6.14. The summed E-state index contributed by atoms with van der Waals surface area (Å²) in [6.07, 6.45) is 9.79. The van der Waals surface area contributed by atoms with Gasteiger partial charge in [0.1, 0.15) is 12.7 Å². The fourth-order valence-corrected chi connectivity index (χ4v) is 6.32. The number of hydrogen-bond donors (Lipinski definition) is 1. The van der Waals surface area contributed by atoms with Crippen LogP contribution in [0.15, 0.2) is 30.9 Å². The lowest BCUT2D eigenvalue weighted by Crippen LogP contribution is -2.60. The molecule has 4 fully saturated rings. The molecule has 0 radical (unpaired) electrons. The molecular weight excluding hydrogens is 348 g/mol. The quantitative estimate of drug-likeness (QED) is 0.881. The lowest BCUT2D eigenvalue weighted by molar-refractivity contribution is -0.150. The number of benzene rings is 1. The molecule has 0 spiro atoms. The largest absolute Gasteiger partial charge is 0.326 e. The van der Waals surface area contributed by atoms with Crippen molar-refractivity contribution in [1.29, 1.82) is 0 Å². The molecule has 0 aliphatic heterocycles. The normalized spacial score (nSPS) is 34.8. The first-order valence-corrected chi connectivity index (χ1v) is 9.79. The highest BCUT2D eigenvalue weighted by Gasteiger charge is 2.61. The van der Waals surface area contributed by atoms with Gasteiger partial charge in [0.2, 0.25) is 5.91 Å². The molecule has 5 nitrogen and oxygen atoms in total. The standard InChI is InChI=1S/C20H23ClN4O/c1-13-2-3-16(5-17(13)21)24-18(26)19-6-14-4-15(7-19)9-20(8-14,10-19)25-12-22-11-23-25/h2-3,5,11-12,14-15H,4,6-10H2,1H3,(H,24,26). The third-order valence-electron chi connectivity index (χ3n) is 6.85. The van der Waals surface area contributed by atoms with E-state index in [4.69, 9.17) is 11.6 Å². The van der Waals surface area contributed by atoms with E-state index in [1.165, 1.54) is 6.42 Å². The number of anilines is 1. The van der Waals surface area contributed by atoms with Gasteiger partial charge in [0.05, 0.1) is 11.0 Å². The molecule has 0 saturated heterocycles. The van der Waals surface area contributed by atoms with Gasteiger partial charge in [-0.15, -0.1) is 0 Å². The summed E-state index contributed by atoms with van der Waals surface area (Å²) in [6.45, 7) is 1.97. The van der Waals surface area contributed by atoms with Gasteiger partial charge < -0.3 is 5.32 Å². The Hall–Kier alpha value is -1.88. The monoisotopic (exact) mass is 370 g/mol. The zero-order valence-corrected chi connectivity index (χ0v) is 15.7. The van der Waals surface area contributed by atoms with Crippen LogP contribution in [-0.4, -0.2) is 20.7 Å². The molecule has 26 heavy (non-hydrogen) atoms. The zero-order chi connectivity index (χ0) is 17.9. The van der Waals surface area contributed by atoms with Gasteiger partial charge in [-0.05, 0) is 75.0 Å². The van der Waals surface area contributed by atoms with Gasteiger partial charge in [0.25, 0.3) is 0 Å². The highest BCUT2D eigenvalue weighted by atomic mass is 35.5. The molecule has 2 atom stereocenters. The van der Waals surface area contributed by atoms with Gasteiger partial charge in [-0.25, -0.2) is 9.67 Å². The van der Waals surface area contributed by atoms with E-state index in [1.54, 1.807) is 6.33 Å². The first-order valence-electron chi connectivity index (χ1n) is 9.41. The molecule has 136 valence electrons. The van der Waals surface area contributed by atoms with Crippen molar-refractivity contribution in [1.82, 2.24) is 14.8 Å². The predicted molar refractivity (Wildman–Crippen MR) is 99.9 cm³/mol. The molecule has 2 aromatic rings. The van der Waals surface area contributed by atoms with E-state index in [1.807, 2.05) is 36.1 Å². The highest BCUT2D eigenvalue weighted by molar-refractivity contribution is 6.31. The van der Waals surface area contributed by atoms with Crippen LogP contribution < -0.4 is 5.32 Å². The molecule has 1 N–H and O–H groups in total. The summed E-state index contributed by atoms with van der Waals surface area (Å²) in [5.74, 6) is 1.36. The number of carbonyl (C=O) groups is 1. The van der Waals surface area contributed by atoms with Crippen LogP contribution in [0.2, 0.25) is 5.02 Å². The summed E-state index contributed by atoms with van der Waals surface area (Å²) in [7, 11) is 0. The molecule has 6 heteroatoms. The second kappa shape index (κ2) is 5.56. The SMILES string of the molecule is Cc1ccc(NC(=O)C23CC4CC(C2)CC(n2cncn2)(C4)C3)cc1Cl. The molecule has 1 amide bonds. The van der Waals surface area contributed by atoms with Gasteiger partial charge in [-0.3, -0.25) is 4.79 Å². The number of aromatic nitrogens is 3. The van der Waals surface area contributed by atoms with E-state index in [0.717, 1.165) is 43.4 Å². The number of hydrogen-bond acceptors (Lipinski definition) is 3. The minimum absolute atomic E-state index is 0.0388. The van der Waals surface area contributed by atoms with Crippen LogP contribution in [0.3, 0.4) is 0 Å². The van der Waals surface area contributed by atoms with Crippen molar-refractivity contribution >= 4 is 23.2 Å². The Morgan fingerprint density at radius 2 is 2.04 bits per heavy atom. The molecule has 1 aromatic heterocycles. The summed E-state index contributed by atoms with van der Waals surface area (Å²) >= 11 is 6.24. The maximum Gasteiger partial charge on any atom is 0.230 e. The van der Waals surface area contributed by atoms with Crippen LogP contribution in [-0.2, 0) is 10.3 Å². The van der Waals surface area contributed by atoms with Gasteiger partial charge in [0.15, 0.2) is 0 Å². The van der Waals surface area contributed by atoms with E-state index >= 15 is 0 Å². The topological polar surface area (TPSA) is 59.8 Å². The minimum Gasteiger partial charge on any atom is -0.326 e. The molecule has 4 aliphatic carbocycles. The predicted octanol–water partition coefficient (Wildman–Crippen LogP) is 4.17. The Morgan fingerprint density at radius 1 is 1.27 bits per heavy atom. The summed E-state index contributed by atoms with van der Waals surface area (Å²) in [5, 5.41) is 8.31. The van der Waals surface area contributed by atoms with E-state index in [9.17, 15) is 4.79 Å². The summed E-state index contributed by atoms with van der Waals surface area (Å²) in [6, 6.07) is 5.74. The maximum absolute atomic E-state index is 13.4. The smallest absolute Gasteiger partial charge is 0.230 e. The van der Waals surface area contributed by atoms with Crippen LogP contribution in [0.25, 0.3) is 0 Å². The average molecular weight is 371 g/mol. The second-order valence-electron chi connectivity index (χ2n) is 8.72. The van der Waals surface area contributed by atoms with Crippen molar-refractivity contribution in [3.05, 3.63) is 41.4 Å². The fraction of sp³-hybridized carbons (Fsp3) is 0.550. The Labute approximate surface area is 158 Å². The average Bonchev–Trinajstić information content (AvgIpc) is 3.12. The van der Waals surface area contributed by atoms with E-state index in [2.05, 4.69) is 15.4 Å². The first kappa shape index (κ1) is 16.3. The number of aryl methyl sites for hydroxylation is 1. The summed E-state index contributed by atoms with van der Waals surface area (Å²) in [5.41, 5.74) is 1.47. The molecule has 4 aliphatic rings. The zero-order valence-electron chi connectivity index (χ0n) is 14.9.